The summed E-state index contributed by atoms with van der Waals surface area (Å²) < 4.78 is 30.1. The lowest BCUT2D eigenvalue weighted by molar-refractivity contribution is -0.141. The molecular weight excluding hydrogens is 194 g/mol. The Labute approximate surface area is 81.8 Å². The van der Waals surface area contributed by atoms with Crippen molar-refractivity contribution >= 4 is 5.91 Å². The normalized spacial score (nSPS) is 12.7. The number of amides is 1. The zero-order chi connectivity index (χ0) is 11.4. The number of hydrogen-bond acceptors (Lipinski definition) is 3. The second kappa shape index (κ2) is 4.65. The van der Waals surface area contributed by atoms with E-state index in [1.807, 2.05) is 0 Å². The first kappa shape index (κ1) is 13.2. The molecule has 0 saturated heterocycles. The predicted octanol–water partition coefficient (Wildman–Crippen LogP) is 0.122. The number of nitrogens with two attached hydrogens (primary N) is 1. The van der Waals surface area contributed by atoms with Gasteiger partial charge in [-0.15, -0.1) is 0 Å². The van der Waals surface area contributed by atoms with E-state index in [9.17, 15) is 13.6 Å². The molecule has 0 radical (unpaired) electrons. The van der Waals surface area contributed by atoms with Crippen LogP contribution < -0.4 is 11.1 Å². The lowest BCUT2D eigenvalue weighted by Gasteiger charge is -2.23. The Kier molecular flexibility index (Phi) is 4.41. The molecule has 0 unspecified atom stereocenters. The van der Waals surface area contributed by atoms with Crippen molar-refractivity contribution in [1.82, 2.24) is 5.32 Å². The molecule has 6 heteroatoms. The van der Waals surface area contributed by atoms with E-state index in [4.69, 9.17) is 10.5 Å². The molecule has 0 atom stereocenters. The zero-order valence-electron chi connectivity index (χ0n) is 8.56. The van der Waals surface area contributed by atoms with Gasteiger partial charge in [0.25, 0.3) is 11.8 Å². The molecule has 84 valence electrons. The highest BCUT2D eigenvalue weighted by Gasteiger charge is 2.32. The van der Waals surface area contributed by atoms with Gasteiger partial charge in [0.2, 0.25) is 0 Å². The number of hydrogen-bond donors (Lipinski definition) is 2. The fraction of sp³-hybridized carbons (Fsp3) is 0.875. The smallest absolute Gasteiger partial charge is 0.277 e. The van der Waals surface area contributed by atoms with E-state index in [0.717, 1.165) is 0 Å². The molecule has 4 nitrogen and oxygen atoms in total. The van der Waals surface area contributed by atoms with Crippen LogP contribution in [0.1, 0.15) is 13.8 Å². The summed E-state index contributed by atoms with van der Waals surface area (Å²) in [6, 6.07) is 0. The maximum absolute atomic E-state index is 12.6. The lowest BCUT2D eigenvalue weighted by Crippen LogP contribution is -2.49. The highest BCUT2D eigenvalue weighted by molar-refractivity contribution is 5.84. The Morgan fingerprint density at radius 2 is 2.00 bits per heavy atom. The summed E-state index contributed by atoms with van der Waals surface area (Å²) in [5.74, 6) is -3.66. The average Bonchev–Trinajstić information content (AvgIpc) is 2.14. The van der Waals surface area contributed by atoms with Crippen molar-refractivity contribution in [3.8, 4) is 0 Å². The molecule has 0 aromatic carbocycles. The van der Waals surface area contributed by atoms with Crippen molar-refractivity contribution in [3.63, 3.8) is 0 Å². The molecule has 1 amide bonds. The predicted molar refractivity (Wildman–Crippen MR) is 48.1 cm³/mol. The minimum absolute atomic E-state index is 0.590. The number of halogens is 2. The molecule has 14 heavy (non-hydrogen) atoms. The molecule has 0 aliphatic rings. The van der Waals surface area contributed by atoms with Crippen molar-refractivity contribution < 1.29 is 18.3 Å². The van der Waals surface area contributed by atoms with Gasteiger partial charge in [0.1, 0.15) is 5.60 Å². The van der Waals surface area contributed by atoms with Crippen LogP contribution in [0.15, 0.2) is 0 Å². The lowest BCUT2D eigenvalue weighted by atomic mass is 10.1. The third kappa shape index (κ3) is 3.97. The number of carbonyl (C=O) groups excluding carboxylic acids is 1. The van der Waals surface area contributed by atoms with E-state index < -0.39 is 30.5 Å². The Morgan fingerprint density at radius 1 is 1.50 bits per heavy atom. The first-order valence-electron chi connectivity index (χ1n) is 4.16. The summed E-state index contributed by atoms with van der Waals surface area (Å²) in [6.07, 6.45) is 0. The zero-order valence-corrected chi connectivity index (χ0v) is 8.56. The SMILES string of the molecule is COC(C)(C)C(=O)NCC(F)(F)CN. The van der Waals surface area contributed by atoms with Crippen molar-refractivity contribution in [2.75, 3.05) is 20.2 Å². The van der Waals surface area contributed by atoms with E-state index in [1.165, 1.54) is 21.0 Å². The van der Waals surface area contributed by atoms with Crippen LogP contribution in [0.3, 0.4) is 0 Å². The Bertz CT molecular complexity index is 208. The summed E-state index contributed by atoms with van der Waals surface area (Å²) in [5.41, 5.74) is 3.70. The Morgan fingerprint density at radius 3 is 2.36 bits per heavy atom. The minimum Gasteiger partial charge on any atom is -0.369 e. The van der Waals surface area contributed by atoms with Crippen LogP contribution >= 0.6 is 0 Å². The number of ether oxygens (including phenoxy) is 1. The molecule has 0 saturated carbocycles. The van der Waals surface area contributed by atoms with Gasteiger partial charge in [-0.1, -0.05) is 0 Å². The first-order chi connectivity index (χ1) is 6.25. The summed E-state index contributed by atoms with van der Waals surface area (Å²) in [4.78, 5) is 11.2. The minimum atomic E-state index is -3.07. The summed E-state index contributed by atoms with van der Waals surface area (Å²) in [5, 5.41) is 2.07. The van der Waals surface area contributed by atoms with Gasteiger partial charge in [0.15, 0.2) is 0 Å². The standard InChI is InChI=1S/C8H16F2N2O2/c1-7(2,14-3)6(13)12-5-8(9,10)4-11/h4-5,11H2,1-3H3,(H,12,13). The van der Waals surface area contributed by atoms with Gasteiger partial charge in [0, 0.05) is 7.11 Å². The third-order valence-electron chi connectivity index (χ3n) is 1.86. The van der Waals surface area contributed by atoms with Crippen LogP contribution in [0.25, 0.3) is 0 Å². The molecule has 0 aromatic rings. The maximum Gasteiger partial charge on any atom is 0.277 e. The average molecular weight is 210 g/mol. The largest absolute Gasteiger partial charge is 0.369 e. The highest BCUT2D eigenvalue weighted by atomic mass is 19.3. The third-order valence-corrected chi connectivity index (χ3v) is 1.86. The van der Waals surface area contributed by atoms with Crippen LogP contribution in [0.2, 0.25) is 0 Å². The number of carbonyl (C=O) groups is 1. The molecule has 0 heterocycles. The van der Waals surface area contributed by atoms with E-state index in [1.54, 1.807) is 0 Å². The van der Waals surface area contributed by atoms with Gasteiger partial charge in [-0.2, -0.15) is 0 Å². The summed E-state index contributed by atoms with van der Waals surface area (Å²) >= 11 is 0. The van der Waals surface area contributed by atoms with Crippen LogP contribution in [0.4, 0.5) is 8.78 Å². The number of methoxy groups -OCH3 is 1. The molecule has 0 rings (SSSR count). The quantitative estimate of drug-likeness (QED) is 0.677. The van der Waals surface area contributed by atoms with E-state index in [-0.39, 0.29) is 0 Å². The van der Waals surface area contributed by atoms with Crippen LogP contribution in [-0.2, 0) is 9.53 Å². The fourth-order valence-electron chi connectivity index (χ4n) is 0.587. The summed E-state index contributed by atoms with van der Waals surface area (Å²) in [7, 11) is 1.33. The number of alkyl halides is 2. The second-order valence-electron chi connectivity index (χ2n) is 3.46. The van der Waals surface area contributed by atoms with Crippen molar-refractivity contribution in [3.05, 3.63) is 0 Å². The Hall–Kier alpha value is -0.750. The molecule has 0 aliphatic heterocycles. The van der Waals surface area contributed by atoms with Crippen molar-refractivity contribution in [1.29, 1.82) is 0 Å². The molecule has 0 fully saturated rings. The topological polar surface area (TPSA) is 64.3 Å². The Balaban J connectivity index is 4.10. The molecular formula is C8H16F2N2O2. The fourth-order valence-corrected chi connectivity index (χ4v) is 0.587. The molecule has 0 aromatic heterocycles. The van der Waals surface area contributed by atoms with Crippen LogP contribution in [0.5, 0.6) is 0 Å². The van der Waals surface area contributed by atoms with Gasteiger partial charge in [0.05, 0.1) is 13.1 Å². The van der Waals surface area contributed by atoms with Gasteiger partial charge >= 0.3 is 0 Å². The monoisotopic (exact) mass is 210 g/mol. The van der Waals surface area contributed by atoms with Crippen molar-refractivity contribution in [2.24, 2.45) is 5.73 Å². The van der Waals surface area contributed by atoms with Crippen molar-refractivity contribution in [2.45, 2.75) is 25.4 Å². The molecule has 0 spiro atoms. The van der Waals surface area contributed by atoms with Crippen LogP contribution in [-0.4, -0.2) is 37.6 Å². The maximum atomic E-state index is 12.6. The molecule has 0 aliphatic carbocycles. The van der Waals surface area contributed by atoms with Gasteiger partial charge in [-0.3, -0.25) is 4.79 Å². The van der Waals surface area contributed by atoms with Gasteiger partial charge < -0.3 is 15.8 Å². The van der Waals surface area contributed by atoms with E-state index in [2.05, 4.69) is 5.32 Å². The van der Waals surface area contributed by atoms with E-state index in [0.29, 0.717) is 0 Å². The van der Waals surface area contributed by atoms with E-state index >= 15 is 0 Å². The first-order valence-corrected chi connectivity index (χ1v) is 4.16. The highest BCUT2D eigenvalue weighted by Crippen LogP contribution is 2.11. The van der Waals surface area contributed by atoms with Crippen LogP contribution in [0, 0.1) is 0 Å². The number of rotatable bonds is 5. The molecule has 3 N–H and O–H groups in total. The molecule has 0 bridgehead atoms. The second-order valence-corrected chi connectivity index (χ2v) is 3.46. The van der Waals surface area contributed by atoms with Gasteiger partial charge in [-0.25, -0.2) is 8.78 Å². The summed E-state index contributed by atoms with van der Waals surface area (Å²) in [6.45, 7) is 1.42. The number of nitrogens with one attached hydrogen (secondary N) is 1. The van der Waals surface area contributed by atoms with Gasteiger partial charge in [-0.05, 0) is 13.8 Å².